The quantitative estimate of drug-likeness (QED) is 0.649. The van der Waals surface area contributed by atoms with Crippen molar-refractivity contribution in [2.24, 2.45) is 4.99 Å². The maximum absolute atomic E-state index is 14.9. The zero-order valence-electron chi connectivity index (χ0n) is 16.1. The van der Waals surface area contributed by atoms with E-state index in [9.17, 15) is 17.2 Å². The van der Waals surface area contributed by atoms with Gasteiger partial charge in [0.25, 0.3) is 10.0 Å². The van der Waals surface area contributed by atoms with Crippen molar-refractivity contribution in [3.63, 3.8) is 0 Å². The summed E-state index contributed by atoms with van der Waals surface area (Å²) in [5.74, 6) is -1.36. The van der Waals surface area contributed by atoms with E-state index in [0.29, 0.717) is 5.56 Å². The first-order valence-electron chi connectivity index (χ1n) is 9.31. The first-order valence-corrected chi connectivity index (χ1v) is 10.8. The van der Waals surface area contributed by atoms with Crippen LogP contribution in [0.25, 0.3) is 0 Å². The van der Waals surface area contributed by atoms with Gasteiger partial charge in [0, 0.05) is 11.5 Å². The lowest BCUT2D eigenvalue weighted by molar-refractivity contribution is 0.586. The molecule has 0 saturated heterocycles. The molecule has 0 radical (unpaired) electrons. The van der Waals surface area contributed by atoms with Crippen molar-refractivity contribution in [1.82, 2.24) is 4.72 Å². The van der Waals surface area contributed by atoms with E-state index in [1.54, 1.807) is 12.1 Å². The highest BCUT2D eigenvalue weighted by Gasteiger charge is 2.31. The molecule has 1 unspecified atom stereocenters. The number of anilines is 1. The molecule has 0 saturated carbocycles. The summed E-state index contributed by atoms with van der Waals surface area (Å²) in [6.45, 7) is 1.87. The van der Waals surface area contributed by atoms with Crippen LogP contribution >= 0.6 is 0 Å². The van der Waals surface area contributed by atoms with Crippen molar-refractivity contribution in [2.75, 3.05) is 5.32 Å². The molecule has 0 amide bonds. The molecule has 3 aromatic carbocycles. The van der Waals surface area contributed by atoms with Crippen LogP contribution in [0.4, 0.5) is 14.5 Å². The highest BCUT2D eigenvalue weighted by atomic mass is 32.2. The van der Waals surface area contributed by atoms with E-state index in [2.05, 4.69) is 15.0 Å². The number of sulfonamides is 1. The van der Waals surface area contributed by atoms with Gasteiger partial charge in [-0.3, -0.25) is 0 Å². The van der Waals surface area contributed by atoms with Gasteiger partial charge in [-0.2, -0.15) is 0 Å². The van der Waals surface area contributed by atoms with Gasteiger partial charge in [0.15, 0.2) is 0 Å². The molecule has 1 aliphatic rings. The Labute approximate surface area is 173 Å². The van der Waals surface area contributed by atoms with Crippen molar-refractivity contribution in [3.8, 4) is 0 Å². The van der Waals surface area contributed by atoms with E-state index < -0.39 is 27.6 Å². The summed E-state index contributed by atoms with van der Waals surface area (Å²) in [6, 6.07) is 17.5. The van der Waals surface area contributed by atoms with Crippen LogP contribution < -0.4 is 10.0 Å². The normalized spacial score (nSPS) is 17.0. The summed E-state index contributed by atoms with van der Waals surface area (Å²) in [4.78, 5) is 4.17. The summed E-state index contributed by atoms with van der Waals surface area (Å²) >= 11 is 0. The van der Waals surface area contributed by atoms with Crippen LogP contribution in [0, 0.1) is 11.6 Å². The molecule has 0 bridgehead atoms. The monoisotopic (exact) mass is 427 g/mol. The molecule has 0 fully saturated rings. The van der Waals surface area contributed by atoms with E-state index in [1.807, 2.05) is 37.3 Å². The van der Waals surface area contributed by atoms with Gasteiger partial charge in [-0.15, -0.1) is 0 Å². The molecule has 5 nitrogen and oxygen atoms in total. The summed E-state index contributed by atoms with van der Waals surface area (Å²) in [5, 5.41) is 2.92. The van der Waals surface area contributed by atoms with Crippen molar-refractivity contribution in [1.29, 1.82) is 0 Å². The van der Waals surface area contributed by atoms with Gasteiger partial charge in [-0.05, 0) is 35.4 Å². The van der Waals surface area contributed by atoms with Crippen LogP contribution in [0.2, 0.25) is 0 Å². The molecule has 0 spiro atoms. The number of nitrogens with one attached hydrogen (secondary N) is 2. The Bertz CT molecular complexity index is 1230. The van der Waals surface area contributed by atoms with Crippen LogP contribution in [0.3, 0.4) is 0 Å². The van der Waals surface area contributed by atoms with Crippen LogP contribution in [0.1, 0.15) is 29.5 Å². The van der Waals surface area contributed by atoms with Crippen LogP contribution in [-0.2, 0) is 16.6 Å². The third-order valence-corrected chi connectivity index (χ3v) is 6.34. The molecule has 2 N–H and O–H groups in total. The first kappa shape index (κ1) is 20.0. The Hall–Kier alpha value is -3.26. The van der Waals surface area contributed by atoms with E-state index in [1.165, 1.54) is 18.2 Å². The second kappa shape index (κ2) is 7.87. The Kier molecular flexibility index (Phi) is 5.26. The minimum atomic E-state index is -3.94. The predicted molar refractivity (Wildman–Crippen MR) is 112 cm³/mol. The zero-order chi connectivity index (χ0) is 21.3. The maximum atomic E-state index is 14.9. The third kappa shape index (κ3) is 3.91. The SMILES string of the molecule is CC(c1ccccc1)c1c(F)ccc2c1NC(=NCc1cccc(F)c1)NS2(=O)=O. The van der Waals surface area contributed by atoms with Crippen molar-refractivity contribution in [2.45, 2.75) is 24.3 Å². The first-order chi connectivity index (χ1) is 14.3. The zero-order valence-corrected chi connectivity index (χ0v) is 16.9. The molecule has 3 aromatic rings. The number of benzene rings is 3. The molecular weight excluding hydrogens is 408 g/mol. The maximum Gasteiger partial charge on any atom is 0.266 e. The number of aliphatic imine (C=N–C) groups is 1. The van der Waals surface area contributed by atoms with E-state index >= 15 is 0 Å². The van der Waals surface area contributed by atoms with Crippen LogP contribution in [0.15, 0.2) is 76.6 Å². The molecule has 0 aliphatic carbocycles. The van der Waals surface area contributed by atoms with Crippen molar-refractivity contribution < 1.29 is 17.2 Å². The summed E-state index contributed by atoms with van der Waals surface area (Å²) in [7, 11) is -3.94. The Morgan fingerprint density at radius 3 is 2.50 bits per heavy atom. The van der Waals surface area contributed by atoms with Gasteiger partial charge in [0.1, 0.15) is 16.5 Å². The molecular formula is C22H19F2N3O2S. The number of rotatable bonds is 4. The Balaban J connectivity index is 1.75. The van der Waals surface area contributed by atoms with Crippen molar-refractivity contribution in [3.05, 3.63) is 95.1 Å². The van der Waals surface area contributed by atoms with Gasteiger partial charge >= 0.3 is 0 Å². The van der Waals surface area contributed by atoms with E-state index in [4.69, 9.17) is 0 Å². The highest BCUT2D eigenvalue weighted by Crippen LogP contribution is 2.38. The smallest absolute Gasteiger partial charge is 0.266 e. The highest BCUT2D eigenvalue weighted by molar-refractivity contribution is 7.90. The summed E-state index contributed by atoms with van der Waals surface area (Å²) in [6.07, 6.45) is 0. The van der Waals surface area contributed by atoms with Gasteiger partial charge < -0.3 is 5.32 Å². The molecule has 0 aromatic heterocycles. The van der Waals surface area contributed by atoms with Gasteiger partial charge in [0.05, 0.1) is 12.2 Å². The second-order valence-electron chi connectivity index (χ2n) is 6.99. The fourth-order valence-electron chi connectivity index (χ4n) is 3.46. The van der Waals surface area contributed by atoms with Gasteiger partial charge in [0.2, 0.25) is 5.96 Å². The molecule has 30 heavy (non-hydrogen) atoms. The fourth-order valence-corrected chi connectivity index (χ4v) is 4.62. The Morgan fingerprint density at radius 2 is 1.77 bits per heavy atom. The Morgan fingerprint density at radius 1 is 1.00 bits per heavy atom. The molecule has 8 heteroatoms. The molecule has 1 atom stereocenters. The molecule has 1 heterocycles. The molecule has 154 valence electrons. The van der Waals surface area contributed by atoms with E-state index in [-0.39, 0.29) is 28.7 Å². The number of guanidine groups is 1. The van der Waals surface area contributed by atoms with Crippen LogP contribution in [-0.4, -0.2) is 14.4 Å². The standard InChI is InChI=1S/C22H19F2N3O2S/c1-14(16-7-3-2-4-8-16)20-18(24)10-11-19-21(20)26-22(27-30(19,28)29)25-13-15-6-5-9-17(23)12-15/h2-12,14H,13H2,1H3,(H2,25,26,27). The number of hydrogen-bond donors (Lipinski definition) is 2. The second-order valence-corrected chi connectivity index (χ2v) is 8.64. The van der Waals surface area contributed by atoms with E-state index in [0.717, 1.165) is 11.6 Å². The minimum absolute atomic E-state index is 0.0427. The number of hydrogen-bond acceptors (Lipinski definition) is 3. The number of nitrogens with zero attached hydrogens (tertiary/aromatic N) is 1. The lowest BCUT2D eigenvalue weighted by Crippen LogP contribution is -2.41. The predicted octanol–water partition coefficient (Wildman–Crippen LogP) is 4.38. The average molecular weight is 427 g/mol. The third-order valence-electron chi connectivity index (χ3n) is 4.96. The summed E-state index contributed by atoms with van der Waals surface area (Å²) < 4.78 is 56.1. The lowest BCUT2D eigenvalue weighted by atomic mass is 9.91. The fraction of sp³-hybridized carbons (Fsp3) is 0.136. The van der Waals surface area contributed by atoms with Crippen LogP contribution in [0.5, 0.6) is 0 Å². The van der Waals surface area contributed by atoms with Gasteiger partial charge in [-0.25, -0.2) is 26.9 Å². The lowest BCUT2D eigenvalue weighted by Gasteiger charge is -2.26. The average Bonchev–Trinajstić information content (AvgIpc) is 2.72. The summed E-state index contributed by atoms with van der Waals surface area (Å²) in [5.41, 5.74) is 1.82. The topological polar surface area (TPSA) is 70.6 Å². The van der Waals surface area contributed by atoms with Gasteiger partial charge in [-0.1, -0.05) is 49.4 Å². The largest absolute Gasteiger partial charge is 0.324 e. The van der Waals surface area contributed by atoms with Crippen molar-refractivity contribution >= 4 is 21.7 Å². The minimum Gasteiger partial charge on any atom is -0.324 e. The number of halogens is 2. The molecule has 1 aliphatic heterocycles. The molecule has 4 rings (SSSR count). The number of fused-ring (bicyclic) bond motifs is 1.